The predicted octanol–water partition coefficient (Wildman–Crippen LogP) is 1.23. The minimum absolute atomic E-state index is 0.203. The van der Waals surface area contributed by atoms with E-state index in [-0.39, 0.29) is 4.90 Å². The van der Waals surface area contributed by atoms with Gasteiger partial charge in [-0.1, -0.05) is 17.7 Å². The number of nitrogens with zero attached hydrogens (tertiary/aromatic N) is 1. The number of rotatable bonds is 3. The number of esters is 1. The molecule has 0 aromatic heterocycles. The first kappa shape index (κ1) is 14.4. The molecule has 1 aliphatic heterocycles. The van der Waals surface area contributed by atoms with Crippen LogP contribution in [0.15, 0.2) is 29.2 Å². The van der Waals surface area contributed by atoms with Gasteiger partial charge < -0.3 is 4.74 Å². The molecule has 1 aliphatic rings. The standard InChI is InChI=1S/C12H15NO4S2/c1-9-3-5-10(6-4-9)19(15,16)13-7-8-18-11(13)12(14)17-2/h3-6,11H,7-8H2,1-2H3. The van der Waals surface area contributed by atoms with E-state index in [2.05, 4.69) is 4.74 Å². The number of benzene rings is 1. The van der Waals surface area contributed by atoms with Gasteiger partial charge in [0.25, 0.3) is 0 Å². The molecule has 19 heavy (non-hydrogen) atoms. The van der Waals surface area contributed by atoms with E-state index in [1.165, 1.54) is 23.2 Å². The first-order valence-corrected chi connectivity index (χ1v) is 8.23. The lowest BCUT2D eigenvalue weighted by Crippen LogP contribution is -2.39. The number of thioether (sulfide) groups is 1. The number of carbonyl (C=O) groups excluding carboxylic acids is 1. The number of ether oxygens (including phenoxy) is 1. The van der Waals surface area contributed by atoms with E-state index in [0.717, 1.165) is 5.56 Å². The Kier molecular flexibility index (Phi) is 4.17. The highest BCUT2D eigenvalue weighted by Gasteiger charge is 2.40. The monoisotopic (exact) mass is 301 g/mol. The Bertz CT molecular complexity index is 568. The predicted molar refractivity (Wildman–Crippen MR) is 73.3 cm³/mol. The van der Waals surface area contributed by atoms with Gasteiger partial charge >= 0.3 is 5.97 Å². The summed E-state index contributed by atoms with van der Waals surface area (Å²) in [4.78, 5) is 11.8. The van der Waals surface area contributed by atoms with E-state index < -0.39 is 21.4 Å². The number of hydrogen-bond acceptors (Lipinski definition) is 5. The molecule has 0 saturated carbocycles. The van der Waals surface area contributed by atoms with Crippen LogP contribution in [-0.2, 0) is 19.6 Å². The molecule has 0 amide bonds. The lowest BCUT2D eigenvalue weighted by atomic mass is 10.2. The van der Waals surface area contributed by atoms with Crippen LogP contribution in [0.4, 0.5) is 0 Å². The number of aryl methyl sites for hydroxylation is 1. The van der Waals surface area contributed by atoms with Crippen molar-refractivity contribution >= 4 is 27.8 Å². The SMILES string of the molecule is COC(=O)C1SCCN1S(=O)(=O)c1ccc(C)cc1. The molecular weight excluding hydrogens is 286 g/mol. The molecule has 0 radical (unpaired) electrons. The van der Waals surface area contributed by atoms with Gasteiger partial charge in [0.05, 0.1) is 12.0 Å². The van der Waals surface area contributed by atoms with Gasteiger partial charge in [0, 0.05) is 12.3 Å². The van der Waals surface area contributed by atoms with Crippen molar-refractivity contribution in [1.82, 2.24) is 4.31 Å². The average Bonchev–Trinajstić information content (AvgIpc) is 2.88. The number of hydrogen-bond donors (Lipinski definition) is 0. The Morgan fingerprint density at radius 3 is 2.58 bits per heavy atom. The molecule has 1 unspecified atom stereocenters. The molecule has 2 rings (SSSR count). The molecule has 1 aromatic rings. The molecule has 104 valence electrons. The second kappa shape index (κ2) is 5.52. The maximum atomic E-state index is 12.5. The highest BCUT2D eigenvalue weighted by Crippen LogP contribution is 2.30. The first-order chi connectivity index (χ1) is 8.96. The molecule has 0 aliphatic carbocycles. The molecule has 7 heteroatoms. The fourth-order valence-electron chi connectivity index (χ4n) is 1.83. The Labute approximate surface area is 117 Å². The van der Waals surface area contributed by atoms with Crippen LogP contribution in [0, 0.1) is 6.92 Å². The second-order valence-electron chi connectivity index (χ2n) is 4.18. The molecule has 1 saturated heterocycles. The minimum Gasteiger partial charge on any atom is -0.467 e. The molecule has 1 heterocycles. The van der Waals surface area contributed by atoms with Crippen molar-refractivity contribution in [2.45, 2.75) is 17.2 Å². The smallest absolute Gasteiger partial charge is 0.334 e. The van der Waals surface area contributed by atoms with Crippen LogP contribution in [0.3, 0.4) is 0 Å². The Hall–Kier alpha value is -1.05. The minimum atomic E-state index is -3.65. The molecule has 1 fully saturated rings. The van der Waals surface area contributed by atoms with E-state index in [1.807, 2.05) is 6.92 Å². The van der Waals surface area contributed by atoms with Crippen molar-refractivity contribution in [2.24, 2.45) is 0 Å². The maximum absolute atomic E-state index is 12.5. The molecule has 1 atom stereocenters. The zero-order valence-corrected chi connectivity index (χ0v) is 12.3. The van der Waals surface area contributed by atoms with Crippen LogP contribution in [0.2, 0.25) is 0 Å². The summed E-state index contributed by atoms with van der Waals surface area (Å²) in [5.41, 5.74) is 0.985. The highest BCUT2D eigenvalue weighted by molar-refractivity contribution is 8.02. The van der Waals surface area contributed by atoms with Crippen molar-refractivity contribution in [3.05, 3.63) is 29.8 Å². The number of sulfonamides is 1. The Balaban J connectivity index is 2.33. The number of carbonyl (C=O) groups is 1. The topological polar surface area (TPSA) is 63.7 Å². The van der Waals surface area contributed by atoms with Crippen molar-refractivity contribution < 1.29 is 17.9 Å². The highest BCUT2D eigenvalue weighted by atomic mass is 32.2. The summed E-state index contributed by atoms with van der Waals surface area (Å²) in [6.07, 6.45) is 0. The van der Waals surface area contributed by atoms with Crippen LogP contribution >= 0.6 is 11.8 Å². The third-order valence-electron chi connectivity index (χ3n) is 2.88. The van der Waals surface area contributed by atoms with Gasteiger partial charge in [-0.15, -0.1) is 11.8 Å². The molecular formula is C12H15NO4S2. The summed E-state index contributed by atoms with van der Waals surface area (Å²) in [6, 6.07) is 6.59. The van der Waals surface area contributed by atoms with E-state index >= 15 is 0 Å². The van der Waals surface area contributed by atoms with Gasteiger partial charge in [-0.25, -0.2) is 13.2 Å². The van der Waals surface area contributed by atoms with Gasteiger partial charge in [-0.2, -0.15) is 4.31 Å². The van der Waals surface area contributed by atoms with Crippen LogP contribution in [0.25, 0.3) is 0 Å². The fraction of sp³-hybridized carbons (Fsp3) is 0.417. The summed E-state index contributed by atoms with van der Waals surface area (Å²) in [6.45, 7) is 2.21. The molecule has 1 aromatic carbocycles. The van der Waals surface area contributed by atoms with E-state index in [1.54, 1.807) is 24.3 Å². The molecule has 5 nitrogen and oxygen atoms in total. The summed E-state index contributed by atoms with van der Waals surface area (Å²) in [7, 11) is -2.39. The fourth-order valence-corrected chi connectivity index (χ4v) is 4.92. The molecule has 0 spiro atoms. The summed E-state index contributed by atoms with van der Waals surface area (Å²) >= 11 is 1.28. The van der Waals surface area contributed by atoms with Crippen molar-refractivity contribution in [3.63, 3.8) is 0 Å². The number of methoxy groups -OCH3 is 1. The normalized spacial score (nSPS) is 20.4. The third kappa shape index (κ3) is 2.77. The third-order valence-corrected chi connectivity index (χ3v) is 6.07. The van der Waals surface area contributed by atoms with Gasteiger partial charge in [-0.3, -0.25) is 0 Å². The van der Waals surface area contributed by atoms with Crippen molar-refractivity contribution in [1.29, 1.82) is 0 Å². The van der Waals surface area contributed by atoms with Gasteiger partial charge in [-0.05, 0) is 19.1 Å². The maximum Gasteiger partial charge on any atom is 0.334 e. The summed E-state index contributed by atoms with van der Waals surface area (Å²) in [5.74, 6) is 0.0587. The lowest BCUT2D eigenvalue weighted by molar-refractivity contribution is -0.141. The quantitative estimate of drug-likeness (QED) is 0.786. The van der Waals surface area contributed by atoms with Crippen LogP contribution in [0.1, 0.15) is 5.56 Å². The largest absolute Gasteiger partial charge is 0.467 e. The second-order valence-corrected chi connectivity index (χ2v) is 7.25. The van der Waals surface area contributed by atoms with Gasteiger partial charge in [0.1, 0.15) is 0 Å². The lowest BCUT2D eigenvalue weighted by Gasteiger charge is -2.21. The first-order valence-electron chi connectivity index (χ1n) is 5.75. The zero-order valence-electron chi connectivity index (χ0n) is 10.7. The average molecular weight is 301 g/mol. The van der Waals surface area contributed by atoms with Gasteiger partial charge in [0.2, 0.25) is 10.0 Å². The summed E-state index contributed by atoms with van der Waals surface area (Å²) < 4.78 is 30.8. The Morgan fingerprint density at radius 2 is 2.00 bits per heavy atom. The van der Waals surface area contributed by atoms with E-state index in [4.69, 9.17) is 0 Å². The van der Waals surface area contributed by atoms with E-state index in [0.29, 0.717) is 12.3 Å². The van der Waals surface area contributed by atoms with Crippen LogP contribution < -0.4 is 0 Å². The van der Waals surface area contributed by atoms with Crippen LogP contribution in [-0.4, -0.2) is 43.5 Å². The molecule has 0 N–H and O–H groups in total. The van der Waals surface area contributed by atoms with Crippen molar-refractivity contribution in [3.8, 4) is 0 Å². The van der Waals surface area contributed by atoms with Crippen molar-refractivity contribution in [2.75, 3.05) is 19.4 Å². The Morgan fingerprint density at radius 1 is 1.37 bits per heavy atom. The van der Waals surface area contributed by atoms with Gasteiger partial charge in [0.15, 0.2) is 5.37 Å². The summed E-state index contributed by atoms with van der Waals surface area (Å²) in [5, 5.41) is -0.781. The molecule has 0 bridgehead atoms. The van der Waals surface area contributed by atoms with E-state index in [9.17, 15) is 13.2 Å². The van der Waals surface area contributed by atoms with Crippen LogP contribution in [0.5, 0.6) is 0 Å². The zero-order chi connectivity index (χ0) is 14.0.